The molecule has 1 amide bonds. The topological polar surface area (TPSA) is 73.6 Å². The van der Waals surface area contributed by atoms with Crippen molar-refractivity contribution in [2.75, 3.05) is 24.8 Å². The lowest BCUT2D eigenvalue weighted by Crippen LogP contribution is -2.20. The maximum absolute atomic E-state index is 11.8. The van der Waals surface area contributed by atoms with Crippen molar-refractivity contribution < 1.29 is 14.3 Å². The van der Waals surface area contributed by atoms with Crippen LogP contribution in [0.3, 0.4) is 0 Å². The molecule has 0 fully saturated rings. The second kappa shape index (κ2) is 6.85. The molecule has 0 aliphatic rings. The summed E-state index contributed by atoms with van der Waals surface area (Å²) < 4.78 is 10.4. The molecule has 0 spiro atoms. The fourth-order valence-corrected chi connectivity index (χ4v) is 1.81. The summed E-state index contributed by atoms with van der Waals surface area (Å²) in [6, 6.07) is 11.8. The number of hydrogen-bond acceptors (Lipinski definition) is 4. The first-order valence-corrected chi connectivity index (χ1v) is 6.58. The largest absolute Gasteiger partial charge is 0.495 e. The first kappa shape index (κ1) is 15.0. The summed E-state index contributed by atoms with van der Waals surface area (Å²) in [5.74, 6) is 0.791. The summed E-state index contributed by atoms with van der Waals surface area (Å²) in [5.41, 5.74) is 6.86. The number of nitrogen functional groups attached to an aromatic ring is 1. The summed E-state index contributed by atoms with van der Waals surface area (Å²) in [6.07, 6.45) is 0. The van der Waals surface area contributed by atoms with Gasteiger partial charge in [0.15, 0.2) is 6.61 Å². The Labute approximate surface area is 127 Å². The molecule has 0 atom stereocenters. The molecule has 0 saturated carbocycles. The van der Waals surface area contributed by atoms with Crippen molar-refractivity contribution in [1.82, 2.24) is 0 Å². The lowest BCUT2D eigenvalue weighted by Gasteiger charge is -2.09. The van der Waals surface area contributed by atoms with Crippen molar-refractivity contribution in [2.45, 2.75) is 0 Å². The van der Waals surface area contributed by atoms with Crippen LogP contribution >= 0.6 is 11.6 Å². The van der Waals surface area contributed by atoms with Crippen molar-refractivity contribution >= 4 is 28.9 Å². The second-order valence-corrected chi connectivity index (χ2v) is 4.68. The van der Waals surface area contributed by atoms with E-state index in [2.05, 4.69) is 5.32 Å². The van der Waals surface area contributed by atoms with Gasteiger partial charge < -0.3 is 20.5 Å². The number of benzene rings is 2. The molecule has 2 rings (SSSR count). The highest BCUT2D eigenvalue weighted by molar-refractivity contribution is 6.30. The fourth-order valence-electron chi connectivity index (χ4n) is 1.68. The van der Waals surface area contributed by atoms with Crippen LogP contribution in [0.25, 0.3) is 0 Å². The van der Waals surface area contributed by atoms with Gasteiger partial charge in [-0.25, -0.2) is 0 Å². The highest BCUT2D eigenvalue weighted by Crippen LogP contribution is 2.25. The molecule has 0 aromatic heterocycles. The van der Waals surface area contributed by atoms with Gasteiger partial charge >= 0.3 is 0 Å². The van der Waals surface area contributed by atoms with Gasteiger partial charge in [0.1, 0.15) is 11.5 Å². The number of nitrogens with one attached hydrogen (secondary N) is 1. The zero-order valence-corrected chi connectivity index (χ0v) is 12.2. The summed E-state index contributed by atoms with van der Waals surface area (Å²) in [5, 5.41) is 3.31. The summed E-state index contributed by atoms with van der Waals surface area (Å²) in [7, 11) is 1.53. The standard InChI is InChI=1S/C15H15ClN2O3/c1-20-14-7-6-12(8-13(14)17)21-9-15(19)18-11-4-2-10(16)3-5-11/h2-8H,9,17H2,1H3,(H,18,19). The minimum Gasteiger partial charge on any atom is -0.495 e. The molecule has 6 heteroatoms. The van der Waals surface area contributed by atoms with Gasteiger partial charge in [-0.2, -0.15) is 0 Å². The molecule has 2 aromatic carbocycles. The first-order valence-electron chi connectivity index (χ1n) is 6.20. The summed E-state index contributed by atoms with van der Waals surface area (Å²) in [4.78, 5) is 11.8. The van der Waals surface area contributed by atoms with Crippen molar-refractivity contribution in [2.24, 2.45) is 0 Å². The number of hydrogen-bond donors (Lipinski definition) is 2. The molecule has 0 heterocycles. The highest BCUT2D eigenvalue weighted by atomic mass is 35.5. The summed E-state index contributed by atoms with van der Waals surface area (Å²) >= 11 is 5.77. The van der Waals surface area contributed by atoms with E-state index in [0.717, 1.165) is 0 Å². The van der Waals surface area contributed by atoms with Gasteiger partial charge in [0.25, 0.3) is 5.91 Å². The molecule has 0 radical (unpaired) electrons. The van der Waals surface area contributed by atoms with Gasteiger partial charge in [0.05, 0.1) is 12.8 Å². The predicted octanol–water partition coefficient (Wildman–Crippen LogP) is 2.95. The summed E-state index contributed by atoms with van der Waals surface area (Å²) in [6.45, 7) is -0.117. The first-order chi connectivity index (χ1) is 10.1. The lowest BCUT2D eigenvalue weighted by molar-refractivity contribution is -0.118. The normalized spacial score (nSPS) is 10.0. The predicted molar refractivity (Wildman–Crippen MR) is 83.0 cm³/mol. The maximum Gasteiger partial charge on any atom is 0.262 e. The highest BCUT2D eigenvalue weighted by Gasteiger charge is 2.06. The van der Waals surface area contributed by atoms with Gasteiger partial charge in [-0.15, -0.1) is 0 Å². The number of amides is 1. The molecule has 0 saturated heterocycles. The molecule has 0 bridgehead atoms. The fraction of sp³-hybridized carbons (Fsp3) is 0.133. The van der Waals surface area contributed by atoms with Gasteiger partial charge in [-0.1, -0.05) is 11.6 Å². The maximum atomic E-state index is 11.8. The van der Waals surface area contributed by atoms with Crippen molar-refractivity contribution in [3.63, 3.8) is 0 Å². The van der Waals surface area contributed by atoms with E-state index < -0.39 is 0 Å². The van der Waals surface area contributed by atoms with E-state index in [0.29, 0.717) is 27.9 Å². The molecular formula is C15H15ClN2O3. The Morgan fingerprint density at radius 1 is 1.24 bits per heavy atom. The van der Waals surface area contributed by atoms with Gasteiger partial charge in [0, 0.05) is 16.8 Å². The number of rotatable bonds is 5. The molecule has 0 unspecified atom stereocenters. The minimum absolute atomic E-state index is 0.117. The number of methoxy groups -OCH3 is 1. The number of carbonyl (C=O) groups is 1. The molecule has 3 N–H and O–H groups in total. The lowest BCUT2D eigenvalue weighted by atomic mass is 10.3. The Hall–Kier alpha value is -2.40. The van der Waals surface area contributed by atoms with Crippen LogP contribution in [0, 0.1) is 0 Å². The number of halogens is 1. The zero-order valence-electron chi connectivity index (χ0n) is 11.4. The van der Waals surface area contributed by atoms with Crippen molar-refractivity contribution in [3.8, 4) is 11.5 Å². The van der Waals surface area contributed by atoms with Crippen LogP contribution < -0.4 is 20.5 Å². The van der Waals surface area contributed by atoms with E-state index in [-0.39, 0.29) is 12.5 Å². The molecule has 0 aliphatic heterocycles. The van der Waals surface area contributed by atoms with E-state index in [1.54, 1.807) is 42.5 Å². The van der Waals surface area contributed by atoms with E-state index in [1.165, 1.54) is 7.11 Å². The van der Waals surface area contributed by atoms with Crippen LogP contribution in [0.15, 0.2) is 42.5 Å². The Balaban J connectivity index is 1.89. The van der Waals surface area contributed by atoms with Crippen LogP contribution in [0.5, 0.6) is 11.5 Å². The molecule has 2 aromatic rings. The Morgan fingerprint density at radius 3 is 2.57 bits per heavy atom. The van der Waals surface area contributed by atoms with Crippen LogP contribution in [0.2, 0.25) is 5.02 Å². The molecule has 5 nitrogen and oxygen atoms in total. The van der Waals surface area contributed by atoms with Crippen molar-refractivity contribution in [3.05, 3.63) is 47.5 Å². The van der Waals surface area contributed by atoms with Crippen molar-refractivity contribution in [1.29, 1.82) is 0 Å². The Morgan fingerprint density at radius 2 is 1.95 bits per heavy atom. The minimum atomic E-state index is -0.272. The van der Waals surface area contributed by atoms with Crippen LogP contribution in [-0.4, -0.2) is 19.6 Å². The molecule has 0 aliphatic carbocycles. The number of anilines is 2. The average molecular weight is 307 g/mol. The quantitative estimate of drug-likeness (QED) is 0.833. The molecule has 21 heavy (non-hydrogen) atoms. The smallest absolute Gasteiger partial charge is 0.262 e. The number of nitrogens with two attached hydrogens (primary N) is 1. The molecular weight excluding hydrogens is 292 g/mol. The van der Waals surface area contributed by atoms with Gasteiger partial charge in [-0.3, -0.25) is 4.79 Å². The van der Waals surface area contributed by atoms with E-state index >= 15 is 0 Å². The Bertz CT molecular complexity index is 629. The third-order valence-electron chi connectivity index (χ3n) is 2.70. The number of carbonyl (C=O) groups excluding carboxylic acids is 1. The monoisotopic (exact) mass is 306 g/mol. The zero-order chi connectivity index (χ0) is 15.2. The van der Waals surface area contributed by atoms with E-state index in [1.807, 2.05) is 0 Å². The van der Waals surface area contributed by atoms with Crippen LogP contribution in [0.4, 0.5) is 11.4 Å². The number of ether oxygens (including phenoxy) is 2. The van der Waals surface area contributed by atoms with Gasteiger partial charge in [-0.05, 0) is 36.4 Å². The van der Waals surface area contributed by atoms with E-state index in [9.17, 15) is 4.79 Å². The average Bonchev–Trinajstić information content (AvgIpc) is 2.48. The second-order valence-electron chi connectivity index (χ2n) is 4.25. The third kappa shape index (κ3) is 4.29. The Kier molecular flexibility index (Phi) is 4.90. The van der Waals surface area contributed by atoms with E-state index in [4.69, 9.17) is 26.8 Å². The SMILES string of the molecule is COc1ccc(OCC(=O)Nc2ccc(Cl)cc2)cc1N. The van der Waals surface area contributed by atoms with Crippen LogP contribution in [-0.2, 0) is 4.79 Å². The van der Waals surface area contributed by atoms with Gasteiger partial charge in [0.2, 0.25) is 0 Å². The molecule has 110 valence electrons. The van der Waals surface area contributed by atoms with Crippen LogP contribution in [0.1, 0.15) is 0 Å². The third-order valence-corrected chi connectivity index (χ3v) is 2.95.